The van der Waals surface area contributed by atoms with E-state index in [0.717, 1.165) is 6.07 Å². The number of nitrogen functional groups attached to an aromatic ring is 1. The van der Waals surface area contributed by atoms with Gasteiger partial charge in [-0.2, -0.15) is 0 Å². The number of hydrogen-bond donors (Lipinski definition) is 2. The van der Waals surface area contributed by atoms with Gasteiger partial charge in [0.05, 0.1) is 16.7 Å². The number of carbonyl (C=O) groups excluding carboxylic acids is 1. The molecule has 0 aromatic heterocycles. The average Bonchev–Trinajstić information content (AvgIpc) is 2.38. The fraction of sp³-hybridized carbons (Fsp3) is 0.417. The summed E-state index contributed by atoms with van der Waals surface area (Å²) in [5, 5.41) is 13.4. The van der Waals surface area contributed by atoms with Crippen LogP contribution >= 0.6 is 0 Å². The Morgan fingerprint density at radius 2 is 2.19 bits per heavy atom. The van der Waals surface area contributed by atoms with Gasteiger partial charge in [0.2, 0.25) is 0 Å². The Morgan fingerprint density at radius 3 is 2.71 bits per heavy atom. The van der Waals surface area contributed by atoms with Crippen molar-refractivity contribution in [2.75, 3.05) is 17.7 Å². The highest BCUT2D eigenvalue weighted by atomic mass is 32.2. The molecule has 0 saturated heterocycles. The molecule has 0 saturated carbocycles. The van der Waals surface area contributed by atoms with Gasteiger partial charge >= 0.3 is 0 Å². The number of hydrogen-bond acceptors (Lipinski definition) is 5. The van der Waals surface area contributed by atoms with Gasteiger partial charge in [0.25, 0.3) is 11.6 Å². The van der Waals surface area contributed by atoms with Crippen LogP contribution in [0.1, 0.15) is 23.7 Å². The third-order valence-electron chi connectivity index (χ3n) is 2.77. The normalized spacial score (nSPS) is 13.5. The largest absolute Gasteiger partial charge is 0.396 e. The van der Waals surface area contributed by atoms with Crippen molar-refractivity contribution in [2.45, 2.75) is 19.4 Å². The molecule has 0 heterocycles. The van der Waals surface area contributed by atoms with E-state index in [1.54, 1.807) is 13.2 Å². The number of nitro groups is 1. The second-order valence-corrected chi connectivity index (χ2v) is 6.14. The number of carbonyl (C=O) groups is 1. The molecule has 0 aliphatic carbocycles. The number of nitrogens with two attached hydrogens (primary N) is 1. The molecule has 2 atom stereocenters. The lowest BCUT2D eigenvalue weighted by Crippen LogP contribution is -2.34. The van der Waals surface area contributed by atoms with Crippen LogP contribution in [0.25, 0.3) is 0 Å². The first kappa shape index (κ1) is 17.0. The minimum absolute atomic E-state index is 0.302. The SMILES string of the molecule is CC(CCS(C)=O)NC(=O)c1cc(N)c(F)cc1[N+](=O)[O-]. The van der Waals surface area contributed by atoms with Crippen molar-refractivity contribution >= 4 is 28.1 Å². The van der Waals surface area contributed by atoms with Crippen molar-refractivity contribution in [3.63, 3.8) is 0 Å². The second-order valence-electron chi connectivity index (χ2n) is 4.59. The molecule has 1 amide bonds. The van der Waals surface area contributed by atoms with Crippen molar-refractivity contribution in [2.24, 2.45) is 0 Å². The van der Waals surface area contributed by atoms with Crippen molar-refractivity contribution in [3.8, 4) is 0 Å². The Kier molecular flexibility index (Phi) is 5.77. The molecule has 0 aliphatic rings. The van der Waals surface area contributed by atoms with E-state index in [4.69, 9.17) is 5.73 Å². The summed E-state index contributed by atoms with van der Waals surface area (Å²) in [4.78, 5) is 22.0. The lowest BCUT2D eigenvalue weighted by molar-refractivity contribution is -0.385. The molecule has 0 fully saturated rings. The molecule has 1 rings (SSSR count). The summed E-state index contributed by atoms with van der Waals surface area (Å²) in [6.45, 7) is 1.68. The van der Waals surface area contributed by atoms with Crippen LogP contribution in [-0.4, -0.2) is 33.1 Å². The summed E-state index contributed by atoms with van der Waals surface area (Å²) < 4.78 is 24.2. The maximum Gasteiger partial charge on any atom is 0.285 e. The number of nitrogens with one attached hydrogen (secondary N) is 1. The molecule has 0 radical (unpaired) electrons. The summed E-state index contributed by atoms with van der Waals surface area (Å²) in [5.41, 5.74) is 4.05. The minimum atomic E-state index is -0.993. The fourth-order valence-corrected chi connectivity index (χ4v) is 2.31. The van der Waals surface area contributed by atoms with Gasteiger partial charge in [0.1, 0.15) is 5.56 Å². The molecular formula is C12H16FN3O4S. The van der Waals surface area contributed by atoms with Gasteiger partial charge in [-0.15, -0.1) is 0 Å². The maximum absolute atomic E-state index is 13.3. The summed E-state index contributed by atoms with van der Waals surface area (Å²) in [6, 6.07) is 1.23. The third-order valence-corrected chi connectivity index (χ3v) is 3.58. The number of benzene rings is 1. The van der Waals surface area contributed by atoms with Crippen LogP contribution in [0.5, 0.6) is 0 Å². The topological polar surface area (TPSA) is 115 Å². The molecule has 3 N–H and O–H groups in total. The van der Waals surface area contributed by atoms with E-state index >= 15 is 0 Å². The standard InChI is InChI=1S/C12H16FN3O4S/c1-7(3-4-21(2)20)15-12(17)8-5-10(14)9(13)6-11(8)16(18)19/h5-7H,3-4,14H2,1-2H3,(H,15,17). The zero-order chi connectivity index (χ0) is 16.2. The average molecular weight is 317 g/mol. The molecule has 1 aromatic carbocycles. The van der Waals surface area contributed by atoms with E-state index in [2.05, 4.69) is 5.32 Å². The zero-order valence-electron chi connectivity index (χ0n) is 11.6. The highest BCUT2D eigenvalue weighted by molar-refractivity contribution is 7.84. The molecule has 21 heavy (non-hydrogen) atoms. The lowest BCUT2D eigenvalue weighted by Gasteiger charge is -2.13. The fourth-order valence-electron chi connectivity index (χ4n) is 1.63. The van der Waals surface area contributed by atoms with Gasteiger partial charge in [-0.25, -0.2) is 4.39 Å². The van der Waals surface area contributed by atoms with E-state index < -0.39 is 33.1 Å². The monoisotopic (exact) mass is 317 g/mol. The number of amides is 1. The van der Waals surface area contributed by atoms with Crippen molar-refractivity contribution in [1.29, 1.82) is 0 Å². The Labute approximate surface area is 123 Å². The molecule has 0 aliphatic heterocycles. The molecule has 0 bridgehead atoms. The van der Waals surface area contributed by atoms with Crippen molar-refractivity contribution in [3.05, 3.63) is 33.6 Å². The summed E-state index contributed by atoms with van der Waals surface area (Å²) in [7, 11) is -0.993. The van der Waals surface area contributed by atoms with Crippen LogP contribution in [0.2, 0.25) is 0 Å². The van der Waals surface area contributed by atoms with E-state index in [9.17, 15) is 23.5 Å². The van der Waals surface area contributed by atoms with E-state index in [1.165, 1.54) is 0 Å². The van der Waals surface area contributed by atoms with Crippen molar-refractivity contribution in [1.82, 2.24) is 5.32 Å². The van der Waals surface area contributed by atoms with Gasteiger partial charge in [-0.1, -0.05) is 0 Å². The molecule has 9 heteroatoms. The summed E-state index contributed by atoms with van der Waals surface area (Å²) in [5.74, 6) is -1.27. The maximum atomic E-state index is 13.3. The molecular weight excluding hydrogens is 301 g/mol. The Morgan fingerprint density at radius 1 is 1.57 bits per heavy atom. The second kappa shape index (κ2) is 7.11. The predicted octanol–water partition coefficient (Wildman–Crippen LogP) is 1.20. The van der Waals surface area contributed by atoms with E-state index in [0.29, 0.717) is 18.2 Å². The first-order valence-corrected chi connectivity index (χ1v) is 7.79. The Hall–Kier alpha value is -2.03. The van der Waals surface area contributed by atoms with E-state index in [-0.39, 0.29) is 17.3 Å². The summed E-state index contributed by atoms with van der Waals surface area (Å²) in [6.07, 6.45) is 2.00. The van der Waals surface area contributed by atoms with E-state index in [1.807, 2.05) is 0 Å². The Balaban J connectivity index is 2.94. The van der Waals surface area contributed by atoms with Crippen molar-refractivity contribution < 1.29 is 18.3 Å². The molecule has 0 spiro atoms. The van der Waals surface area contributed by atoms with Crippen LogP contribution in [-0.2, 0) is 10.8 Å². The zero-order valence-corrected chi connectivity index (χ0v) is 12.4. The molecule has 116 valence electrons. The number of nitrogens with zero attached hydrogens (tertiary/aromatic N) is 1. The predicted molar refractivity (Wildman–Crippen MR) is 77.9 cm³/mol. The van der Waals surface area contributed by atoms with Crippen LogP contribution < -0.4 is 11.1 Å². The smallest absolute Gasteiger partial charge is 0.285 e. The number of anilines is 1. The van der Waals surface area contributed by atoms with Gasteiger partial charge in [0, 0.05) is 28.9 Å². The van der Waals surface area contributed by atoms with Gasteiger partial charge < -0.3 is 11.1 Å². The van der Waals surface area contributed by atoms with Crippen LogP contribution in [0.3, 0.4) is 0 Å². The van der Waals surface area contributed by atoms with Gasteiger partial charge in [-0.3, -0.25) is 19.1 Å². The number of rotatable bonds is 6. The molecule has 7 nitrogen and oxygen atoms in total. The van der Waals surface area contributed by atoms with Crippen LogP contribution in [0, 0.1) is 15.9 Å². The molecule has 2 unspecified atom stereocenters. The van der Waals surface area contributed by atoms with Gasteiger partial charge in [-0.05, 0) is 19.4 Å². The number of halogens is 1. The minimum Gasteiger partial charge on any atom is -0.396 e. The Bertz CT molecular complexity index is 594. The first-order valence-electron chi connectivity index (χ1n) is 6.06. The third kappa shape index (κ3) is 4.78. The quantitative estimate of drug-likeness (QED) is 0.465. The van der Waals surface area contributed by atoms with Gasteiger partial charge in [0.15, 0.2) is 5.82 Å². The summed E-state index contributed by atoms with van der Waals surface area (Å²) >= 11 is 0. The number of nitro benzene ring substituents is 1. The lowest BCUT2D eigenvalue weighted by atomic mass is 10.1. The van der Waals surface area contributed by atoms with Crippen LogP contribution in [0.4, 0.5) is 15.8 Å². The highest BCUT2D eigenvalue weighted by Gasteiger charge is 2.23. The highest BCUT2D eigenvalue weighted by Crippen LogP contribution is 2.24. The molecule has 1 aromatic rings. The first-order chi connectivity index (χ1) is 9.72. The van der Waals surface area contributed by atoms with Crippen LogP contribution in [0.15, 0.2) is 12.1 Å².